The summed E-state index contributed by atoms with van der Waals surface area (Å²) in [7, 11) is 0. The standard InChI is InChI=1S/C18H19N5O/c1-13-12-24-11-10-23(13)15-4-2-14(3-5-15)21-17-7-6-16-18(22-17)20-9-8-19-16/h2-9,13H,10-12H2,1H3,(H,20,21,22). The second-order valence-electron chi connectivity index (χ2n) is 5.88. The number of nitrogens with one attached hydrogen (secondary N) is 1. The minimum absolute atomic E-state index is 0.401. The second kappa shape index (κ2) is 6.41. The molecule has 6 heteroatoms. The van der Waals surface area contributed by atoms with E-state index in [9.17, 15) is 0 Å². The number of hydrogen-bond acceptors (Lipinski definition) is 6. The van der Waals surface area contributed by atoms with Crippen LogP contribution in [-0.2, 0) is 4.74 Å². The van der Waals surface area contributed by atoms with Gasteiger partial charge in [0.25, 0.3) is 0 Å². The van der Waals surface area contributed by atoms with Crippen molar-refractivity contribution in [3.63, 3.8) is 0 Å². The molecule has 6 nitrogen and oxygen atoms in total. The van der Waals surface area contributed by atoms with Crippen LogP contribution in [0.5, 0.6) is 0 Å². The van der Waals surface area contributed by atoms with Crippen LogP contribution in [-0.4, -0.2) is 40.8 Å². The van der Waals surface area contributed by atoms with Crippen molar-refractivity contribution in [2.75, 3.05) is 30.0 Å². The van der Waals surface area contributed by atoms with Crippen LogP contribution in [0.15, 0.2) is 48.8 Å². The van der Waals surface area contributed by atoms with Crippen LogP contribution in [0.25, 0.3) is 11.2 Å². The second-order valence-corrected chi connectivity index (χ2v) is 5.88. The minimum atomic E-state index is 0.401. The van der Waals surface area contributed by atoms with Crippen molar-refractivity contribution in [1.29, 1.82) is 0 Å². The summed E-state index contributed by atoms with van der Waals surface area (Å²) in [6.45, 7) is 4.68. The topological polar surface area (TPSA) is 63.2 Å². The lowest BCUT2D eigenvalue weighted by Gasteiger charge is -2.35. The molecule has 1 atom stereocenters. The van der Waals surface area contributed by atoms with Gasteiger partial charge < -0.3 is 15.0 Å². The quantitative estimate of drug-likeness (QED) is 0.800. The van der Waals surface area contributed by atoms with Crippen molar-refractivity contribution in [3.05, 3.63) is 48.8 Å². The van der Waals surface area contributed by atoms with E-state index < -0.39 is 0 Å². The molecule has 1 aromatic carbocycles. The summed E-state index contributed by atoms with van der Waals surface area (Å²) in [6.07, 6.45) is 3.32. The van der Waals surface area contributed by atoms with Crippen molar-refractivity contribution in [3.8, 4) is 0 Å². The van der Waals surface area contributed by atoms with Crippen molar-refractivity contribution in [2.45, 2.75) is 13.0 Å². The molecular formula is C18H19N5O. The highest BCUT2D eigenvalue weighted by Crippen LogP contribution is 2.23. The number of pyridine rings is 1. The Morgan fingerprint density at radius 3 is 2.75 bits per heavy atom. The third-order valence-electron chi connectivity index (χ3n) is 4.17. The van der Waals surface area contributed by atoms with Crippen molar-refractivity contribution in [2.24, 2.45) is 0 Å². The first-order valence-electron chi connectivity index (χ1n) is 8.09. The van der Waals surface area contributed by atoms with Gasteiger partial charge in [0.15, 0.2) is 5.65 Å². The van der Waals surface area contributed by atoms with Crippen LogP contribution in [0.1, 0.15) is 6.92 Å². The molecule has 0 radical (unpaired) electrons. The van der Waals surface area contributed by atoms with Gasteiger partial charge >= 0.3 is 0 Å². The van der Waals surface area contributed by atoms with E-state index >= 15 is 0 Å². The largest absolute Gasteiger partial charge is 0.377 e. The Morgan fingerprint density at radius 2 is 1.92 bits per heavy atom. The highest BCUT2D eigenvalue weighted by Gasteiger charge is 2.18. The molecule has 3 aromatic rings. The zero-order chi connectivity index (χ0) is 16.4. The normalized spacial score (nSPS) is 17.9. The molecule has 2 aromatic heterocycles. The van der Waals surface area contributed by atoms with Gasteiger partial charge in [-0.3, -0.25) is 4.98 Å². The fourth-order valence-electron chi connectivity index (χ4n) is 2.92. The Morgan fingerprint density at radius 1 is 1.08 bits per heavy atom. The Bertz CT molecular complexity index is 836. The van der Waals surface area contributed by atoms with E-state index in [0.29, 0.717) is 11.7 Å². The molecule has 1 unspecified atom stereocenters. The number of anilines is 3. The number of nitrogens with zero attached hydrogens (tertiary/aromatic N) is 4. The maximum atomic E-state index is 5.50. The summed E-state index contributed by atoms with van der Waals surface area (Å²) in [5, 5.41) is 3.32. The molecule has 1 aliphatic rings. The van der Waals surface area contributed by atoms with Crippen LogP contribution >= 0.6 is 0 Å². The fourth-order valence-corrected chi connectivity index (χ4v) is 2.92. The van der Waals surface area contributed by atoms with Crippen molar-refractivity contribution in [1.82, 2.24) is 15.0 Å². The van der Waals surface area contributed by atoms with Gasteiger partial charge in [-0.25, -0.2) is 9.97 Å². The van der Waals surface area contributed by atoms with Gasteiger partial charge in [-0.05, 0) is 43.3 Å². The Kier molecular flexibility index (Phi) is 3.96. The summed E-state index contributed by atoms with van der Waals surface area (Å²) in [4.78, 5) is 15.3. The number of aromatic nitrogens is 3. The summed E-state index contributed by atoms with van der Waals surface area (Å²) in [5.74, 6) is 0.760. The molecule has 3 heterocycles. The summed E-state index contributed by atoms with van der Waals surface area (Å²) < 4.78 is 5.50. The molecule has 0 amide bonds. The molecule has 1 saturated heterocycles. The Labute approximate surface area is 140 Å². The van der Waals surface area contributed by atoms with Crippen LogP contribution in [0.3, 0.4) is 0 Å². The average molecular weight is 321 g/mol. The van der Waals surface area contributed by atoms with E-state index in [0.717, 1.165) is 36.8 Å². The molecule has 24 heavy (non-hydrogen) atoms. The highest BCUT2D eigenvalue weighted by atomic mass is 16.5. The number of fused-ring (bicyclic) bond motifs is 1. The molecule has 4 rings (SSSR count). The van der Waals surface area contributed by atoms with E-state index in [1.165, 1.54) is 5.69 Å². The maximum Gasteiger partial charge on any atom is 0.180 e. The van der Waals surface area contributed by atoms with Crippen LogP contribution < -0.4 is 10.2 Å². The van der Waals surface area contributed by atoms with E-state index in [1.54, 1.807) is 12.4 Å². The highest BCUT2D eigenvalue weighted by molar-refractivity contribution is 5.73. The van der Waals surface area contributed by atoms with E-state index in [1.807, 2.05) is 12.1 Å². The van der Waals surface area contributed by atoms with Gasteiger partial charge in [0.05, 0.1) is 13.2 Å². The number of benzene rings is 1. The first-order valence-corrected chi connectivity index (χ1v) is 8.09. The van der Waals surface area contributed by atoms with Gasteiger partial charge in [0.1, 0.15) is 11.3 Å². The van der Waals surface area contributed by atoms with E-state index in [2.05, 4.69) is 56.4 Å². The summed E-state index contributed by atoms with van der Waals surface area (Å²) in [5.41, 5.74) is 3.64. The zero-order valence-corrected chi connectivity index (χ0v) is 13.5. The molecule has 0 bridgehead atoms. The number of hydrogen-bond donors (Lipinski definition) is 1. The zero-order valence-electron chi connectivity index (χ0n) is 13.5. The third-order valence-corrected chi connectivity index (χ3v) is 4.17. The third kappa shape index (κ3) is 3.00. The Balaban J connectivity index is 1.52. The Hall–Kier alpha value is -2.73. The van der Waals surface area contributed by atoms with Gasteiger partial charge in [-0.2, -0.15) is 0 Å². The predicted octanol–water partition coefficient (Wildman–Crippen LogP) is 2.99. The molecule has 1 fully saturated rings. The van der Waals surface area contributed by atoms with E-state index in [4.69, 9.17) is 4.74 Å². The molecular weight excluding hydrogens is 302 g/mol. The maximum absolute atomic E-state index is 5.50. The number of ether oxygens (including phenoxy) is 1. The molecule has 1 aliphatic heterocycles. The van der Waals surface area contributed by atoms with Crippen LogP contribution in [0.2, 0.25) is 0 Å². The first kappa shape index (κ1) is 14.8. The SMILES string of the molecule is CC1COCCN1c1ccc(Nc2ccc3nccnc3n2)cc1. The number of rotatable bonds is 3. The van der Waals surface area contributed by atoms with Gasteiger partial charge in [0.2, 0.25) is 0 Å². The van der Waals surface area contributed by atoms with Crippen molar-refractivity contribution >= 4 is 28.4 Å². The fraction of sp³-hybridized carbons (Fsp3) is 0.278. The van der Waals surface area contributed by atoms with E-state index in [-0.39, 0.29) is 0 Å². The smallest absolute Gasteiger partial charge is 0.180 e. The lowest BCUT2D eigenvalue weighted by atomic mass is 10.2. The summed E-state index contributed by atoms with van der Waals surface area (Å²) in [6, 6.07) is 12.6. The van der Waals surface area contributed by atoms with Gasteiger partial charge in [-0.1, -0.05) is 0 Å². The lowest BCUT2D eigenvalue weighted by Crippen LogP contribution is -2.43. The molecule has 1 N–H and O–H groups in total. The average Bonchev–Trinajstić information content (AvgIpc) is 2.63. The minimum Gasteiger partial charge on any atom is -0.377 e. The lowest BCUT2D eigenvalue weighted by molar-refractivity contribution is 0.0989. The molecule has 0 spiro atoms. The number of morpholine rings is 1. The summed E-state index contributed by atoms with van der Waals surface area (Å²) >= 11 is 0. The first-order chi connectivity index (χ1) is 11.8. The van der Waals surface area contributed by atoms with Gasteiger partial charge in [-0.15, -0.1) is 0 Å². The monoisotopic (exact) mass is 321 g/mol. The molecule has 0 saturated carbocycles. The molecule has 122 valence electrons. The van der Waals surface area contributed by atoms with Crippen molar-refractivity contribution < 1.29 is 4.74 Å². The van der Waals surface area contributed by atoms with Crippen LogP contribution in [0, 0.1) is 0 Å². The predicted molar refractivity (Wildman–Crippen MR) is 94.7 cm³/mol. The van der Waals surface area contributed by atoms with Gasteiger partial charge in [0, 0.05) is 36.4 Å². The van der Waals surface area contributed by atoms with Crippen LogP contribution in [0.4, 0.5) is 17.2 Å². The molecule has 0 aliphatic carbocycles.